The molecule has 2 aromatic carbocycles. The molecule has 4 nitrogen and oxygen atoms in total. The second-order valence-corrected chi connectivity index (χ2v) is 6.45. The summed E-state index contributed by atoms with van der Waals surface area (Å²) in [7, 11) is 1.67. The lowest BCUT2D eigenvalue weighted by Gasteiger charge is -2.41. The smallest absolute Gasteiger partial charge is 0.254 e. The van der Waals surface area contributed by atoms with Gasteiger partial charge in [-0.1, -0.05) is 12.1 Å². The summed E-state index contributed by atoms with van der Waals surface area (Å²) in [6, 6.07) is 16.2. The summed E-state index contributed by atoms with van der Waals surface area (Å²) in [6.45, 7) is 3.85. The van der Waals surface area contributed by atoms with E-state index in [-0.39, 0.29) is 11.9 Å². The molecular formula is C21H22N2O2. The number of carbonyl (C=O) groups is 1. The van der Waals surface area contributed by atoms with Crippen molar-refractivity contribution in [2.45, 2.75) is 25.9 Å². The molecule has 4 heteroatoms. The molecule has 0 saturated carbocycles. The van der Waals surface area contributed by atoms with Gasteiger partial charge in [0, 0.05) is 35.8 Å². The first kappa shape index (κ1) is 15.8. The Morgan fingerprint density at radius 3 is 2.80 bits per heavy atom. The van der Waals surface area contributed by atoms with Crippen LogP contribution in [0.2, 0.25) is 0 Å². The lowest BCUT2D eigenvalue weighted by atomic mass is 9.93. The van der Waals surface area contributed by atoms with Crippen molar-refractivity contribution >= 4 is 16.8 Å². The van der Waals surface area contributed by atoms with Crippen molar-refractivity contribution in [3.8, 4) is 5.75 Å². The van der Waals surface area contributed by atoms with Crippen molar-refractivity contribution in [3.05, 3.63) is 65.9 Å². The normalized spacial score (nSPS) is 16.7. The Hall–Kier alpha value is -2.75. The molecule has 0 aliphatic carbocycles. The number of hydrogen-bond acceptors (Lipinski definition) is 2. The minimum Gasteiger partial charge on any atom is -0.497 e. The van der Waals surface area contributed by atoms with Crippen molar-refractivity contribution in [1.82, 2.24) is 9.47 Å². The highest BCUT2D eigenvalue weighted by Crippen LogP contribution is 2.36. The number of nitrogens with zero attached hydrogens (tertiary/aromatic N) is 2. The van der Waals surface area contributed by atoms with Crippen LogP contribution in [0, 0.1) is 0 Å². The van der Waals surface area contributed by atoms with Crippen LogP contribution < -0.4 is 4.74 Å². The molecule has 4 rings (SSSR count). The summed E-state index contributed by atoms with van der Waals surface area (Å²) in [5, 5.41) is 1.12. The number of rotatable bonds is 4. The van der Waals surface area contributed by atoms with Crippen LogP contribution in [0.5, 0.6) is 5.75 Å². The second kappa shape index (κ2) is 6.28. The molecule has 0 bridgehead atoms. The maximum absolute atomic E-state index is 13.0. The third-order valence-corrected chi connectivity index (χ3v) is 5.12. The Bertz CT molecular complexity index is 929. The van der Waals surface area contributed by atoms with Gasteiger partial charge in [-0.15, -0.1) is 0 Å². The highest BCUT2D eigenvalue weighted by Gasteiger charge is 2.34. The highest BCUT2D eigenvalue weighted by molar-refractivity contribution is 5.98. The van der Waals surface area contributed by atoms with E-state index in [0.29, 0.717) is 0 Å². The van der Waals surface area contributed by atoms with Crippen LogP contribution in [0.1, 0.15) is 35.3 Å². The molecule has 1 aliphatic rings. The van der Waals surface area contributed by atoms with E-state index in [1.54, 1.807) is 7.11 Å². The number of carbonyl (C=O) groups excluding carboxylic acids is 1. The maximum atomic E-state index is 13.0. The number of aryl methyl sites for hydroxylation is 1. The lowest BCUT2D eigenvalue weighted by Crippen LogP contribution is -2.45. The Morgan fingerprint density at radius 1 is 1.20 bits per heavy atom. The zero-order valence-electron chi connectivity index (χ0n) is 14.6. The fourth-order valence-corrected chi connectivity index (χ4v) is 3.60. The Kier molecular flexibility index (Phi) is 3.96. The van der Waals surface area contributed by atoms with Gasteiger partial charge in [-0.2, -0.15) is 0 Å². The van der Waals surface area contributed by atoms with Gasteiger partial charge in [-0.05, 0) is 55.3 Å². The third-order valence-electron chi connectivity index (χ3n) is 5.12. The zero-order valence-corrected chi connectivity index (χ0v) is 14.6. The monoisotopic (exact) mass is 334 g/mol. The van der Waals surface area contributed by atoms with Crippen LogP contribution in [-0.4, -0.2) is 29.0 Å². The number of likely N-dealkylation sites (tertiary alicyclic amines) is 1. The summed E-state index contributed by atoms with van der Waals surface area (Å²) in [4.78, 5) is 14.9. The van der Waals surface area contributed by atoms with E-state index in [1.807, 2.05) is 41.3 Å². The molecule has 1 atom stereocenters. The molecule has 1 amide bonds. The number of hydrogen-bond donors (Lipinski definition) is 0. The van der Waals surface area contributed by atoms with Crippen LogP contribution in [0.25, 0.3) is 10.9 Å². The standard InChI is InChI=1S/C21H22N2O2/c1-3-22-11-9-16-13-17(7-8-19(16)22)21(24)23-12-10-20(23)15-5-4-6-18(14-15)25-2/h4-9,11,13-14,20H,3,10,12H2,1-2H3. The molecule has 1 aromatic heterocycles. The predicted molar refractivity (Wildman–Crippen MR) is 99.0 cm³/mol. The van der Waals surface area contributed by atoms with Gasteiger partial charge in [0.2, 0.25) is 0 Å². The average Bonchev–Trinajstić information content (AvgIpc) is 3.03. The fourth-order valence-electron chi connectivity index (χ4n) is 3.60. The molecule has 0 spiro atoms. The Balaban J connectivity index is 1.60. The van der Waals surface area contributed by atoms with Gasteiger partial charge in [0.15, 0.2) is 0 Å². The first-order chi connectivity index (χ1) is 12.2. The molecular weight excluding hydrogens is 312 g/mol. The molecule has 2 heterocycles. The predicted octanol–water partition coefficient (Wildman–Crippen LogP) is 4.26. The number of amides is 1. The third kappa shape index (κ3) is 2.68. The van der Waals surface area contributed by atoms with E-state index in [0.717, 1.165) is 41.8 Å². The highest BCUT2D eigenvalue weighted by atomic mass is 16.5. The van der Waals surface area contributed by atoms with Crippen LogP contribution in [0.15, 0.2) is 54.7 Å². The zero-order chi connectivity index (χ0) is 17.4. The number of fused-ring (bicyclic) bond motifs is 1. The molecule has 0 N–H and O–H groups in total. The van der Waals surface area contributed by atoms with Crippen molar-refractivity contribution < 1.29 is 9.53 Å². The number of benzene rings is 2. The van der Waals surface area contributed by atoms with Gasteiger partial charge in [0.1, 0.15) is 5.75 Å². The maximum Gasteiger partial charge on any atom is 0.254 e. The molecule has 1 saturated heterocycles. The quantitative estimate of drug-likeness (QED) is 0.714. The van der Waals surface area contributed by atoms with Gasteiger partial charge in [0.05, 0.1) is 13.2 Å². The first-order valence-electron chi connectivity index (χ1n) is 8.75. The molecule has 1 unspecified atom stereocenters. The van der Waals surface area contributed by atoms with Crippen LogP contribution >= 0.6 is 0 Å². The summed E-state index contributed by atoms with van der Waals surface area (Å²) >= 11 is 0. The van der Waals surface area contributed by atoms with Gasteiger partial charge in [-0.3, -0.25) is 4.79 Å². The molecule has 3 aromatic rings. The molecule has 128 valence electrons. The number of ether oxygens (including phenoxy) is 1. The van der Waals surface area contributed by atoms with Crippen molar-refractivity contribution in [2.75, 3.05) is 13.7 Å². The topological polar surface area (TPSA) is 34.5 Å². The van der Waals surface area contributed by atoms with E-state index in [1.165, 1.54) is 5.52 Å². The molecule has 25 heavy (non-hydrogen) atoms. The largest absolute Gasteiger partial charge is 0.497 e. The average molecular weight is 334 g/mol. The van der Waals surface area contributed by atoms with E-state index in [9.17, 15) is 4.79 Å². The van der Waals surface area contributed by atoms with Gasteiger partial charge in [0.25, 0.3) is 5.91 Å². The van der Waals surface area contributed by atoms with Crippen molar-refractivity contribution in [3.63, 3.8) is 0 Å². The summed E-state index contributed by atoms with van der Waals surface area (Å²) in [6.07, 6.45) is 3.06. The minimum absolute atomic E-state index is 0.102. The molecule has 1 fully saturated rings. The van der Waals surface area contributed by atoms with E-state index < -0.39 is 0 Å². The summed E-state index contributed by atoms with van der Waals surface area (Å²) in [5.74, 6) is 0.935. The first-order valence-corrected chi connectivity index (χ1v) is 8.75. The molecule has 0 radical (unpaired) electrons. The van der Waals surface area contributed by atoms with Crippen LogP contribution in [-0.2, 0) is 6.54 Å². The number of aromatic nitrogens is 1. The molecule has 1 aliphatic heterocycles. The van der Waals surface area contributed by atoms with Crippen molar-refractivity contribution in [1.29, 1.82) is 0 Å². The number of methoxy groups -OCH3 is 1. The van der Waals surface area contributed by atoms with E-state index in [2.05, 4.69) is 29.8 Å². The fraction of sp³-hybridized carbons (Fsp3) is 0.286. The van der Waals surface area contributed by atoms with E-state index in [4.69, 9.17) is 4.74 Å². The van der Waals surface area contributed by atoms with Gasteiger partial charge >= 0.3 is 0 Å². The second-order valence-electron chi connectivity index (χ2n) is 6.45. The summed E-state index contributed by atoms with van der Waals surface area (Å²) < 4.78 is 7.50. The van der Waals surface area contributed by atoms with E-state index >= 15 is 0 Å². The SMILES string of the molecule is CCn1ccc2cc(C(=O)N3CCC3c3cccc(OC)c3)ccc21. The Labute approximate surface area is 147 Å². The minimum atomic E-state index is 0.102. The van der Waals surface area contributed by atoms with Crippen LogP contribution in [0.4, 0.5) is 0 Å². The van der Waals surface area contributed by atoms with Gasteiger partial charge in [-0.25, -0.2) is 0 Å². The Morgan fingerprint density at radius 2 is 2.08 bits per heavy atom. The van der Waals surface area contributed by atoms with Crippen LogP contribution in [0.3, 0.4) is 0 Å². The van der Waals surface area contributed by atoms with Gasteiger partial charge < -0.3 is 14.2 Å². The summed E-state index contributed by atoms with van der Waals surface area (Å²) in [5.41, 5.74) is 3.07. The lowest BCUT2D eigenvalue weighted by molar-refractivity contribution is 0.0460. The van der Waals surface area contributed by atoms with Crippen molar-refractivity contribution in [2.24, 2.45) is 0 Å².